The Morgan fingerprint density at radius 3 is 2.85 bits per heavy atom. The largest absolute Gasteiger partial charge is 0.327 e. The van der Waals surface area contributed by atoms with Crippen LogP contribution < -0.4 is 10.2 Å². The van der Waals surface area contributed by atoms with Crippen molar-refractivity contribution in [3.63, 3.8) is 0 Å². The Morgan fingerprint density at radius 2 is 2.04 bits per heavy atom. The van der Waals surface area contributed by atoms with Crippen molar-refractivity contribution in [2.24, 2.45) is 0 Å². The number of carbonyl (C=O) groups is 3. The lowest BCUT2D eigenvalue weighted by Crippen LogP contribution is -2.47. The van der Waals surface area contributed by atoms with Gasteiger partial charge in [0, 0.05) is 12.7 Å². The molecule has 0 aliphatic carbocycles. The smallest absolute Gasteiger partial charge is 0.256 e. The van der Waals surface area contributed by atoms with Crippen LogP contribution in [0.15, 0.2) is 48.8 Å². The molecule has 0 unspecified atom stereocenters. The van der Waals surface area contributed by atoms with E-state index in [1.54, 1.807) is 53.7 Å². The summed E-state index contributed by atoms with van der Waals surface area (Å²) < 4.78 is 0. The number of benzene rings is 1. The number of amides is 3. The van der Waals surface area contributed by atoms with E-state index in [1.807, 2.05) is 0 Å². The molecule has 4 rings (SSSR count). The van der Waals surface area contributed by atoms with Crippen molar-refractivity contribution in [3.05, 3.63) is 54.4 Å². The van der Waals surface area contributed by atoms with E-state index in [1.165, 1.54) is 4.90 Å². The lowest BCUT2D eigenvalue weighted by atomic mass is 10.1. The monoisotopic (exact) mass is 350 g/mol. The Bertz CT molecular complexity index is 868. The van der Waals surface area contributed by atoms with Crippen molar-refractivity contribution < 1.29 is 14.4 Å². The van der Waals surface area contributed by atoms with Crippen LogP contribution in [0.25, 0.3) is 0 Å². The first kappa shape index (κ1) is 16.3. The molecule has 1 fully saturated rings. The zero-order chi connectivity index (χ0) is 18.1. The number of nitrogens with zero attached hydrogens (tertiary/aromatic N) is 3. The first-order chi connectivity index (χ1) is 12.6. The summed E-state index contributed by atoms with van der Waals surface area (Å²) in [6.45, 7) is 0.418. The Kier molecular flexibility index (Phi) is 4.12. The zero-order valence-electron chi connectivity index (χ0n) is 14.1. The third-order valence-corrected chi connectivity index (χ3v) is 4.74. The average Bonchev–Trinajstić information content (AvgIpc) is 3.13. The number of aromatic nitrogens is 1. The first-order valence-corrected chi connectivity index (χ1v) is 8.56. The van der Waals surface area contributed by atoms with Gasteiger partial charge in [0.2, 0.25) is 11.8 Å². The summed E-state index contributed by atoms with van der Waals surface area (Å²) in [6.07, 6.45) is 4.57. The Hall–Kier alpha value is -3.22. The van der Waals surface area contributed by atoms with E-state index in [4.69, 9.17) is 0 Å². The molecule has 0 radical (unpaired) electrons. The molecule has 1 aromatic heterocycles. The van der Waals surface area contributed by atoms with E-state index < -0.39 is 6.04 Å². The Balaban J connectivity index is 1.65. The second kappa shape index (κ2) is 6.59. The molecule has 2 aliphatic heterocycles. The standard InChI is InChI=1S/C19H18N4O3/c24-17(21-13-5-3-9-20-11-13)12-23-15-7-2-1-6-14(15)18(25)22-10-4-8-16(22)19(23)26/h1-3,5-7,9,11,16H,4,8,10,12H2,(H,21,24)/t16-/m0/s1. The Morgan fingerprint density at radius 1 is 1.19 bits per heavy atom. The molecule has 7 heteroatoms. The van der Waals surface area contributed by atoms with Gasteiger partial charge in [-0.15, -0.1) is 0 Å². The number of carbonyl (C=O) groups excluding carboxylic acids is 3. The van der Waals surface area contributed by atoms with Gasteiger partial charge in [0.1, 0.15) is 12.6 Å². The van der Waals surface area contributed by atoms with E-state index in [-0.39, 0.29) is 24.3 Å². The summed E-state index contributed by atoms with van der Waals surface area (Å²) in [5.74, 6) is -0.686. The summed E-state index contributed by atoms with van der Waals surface area (Å²) in [6, 6.07) is 9.90. The van der Waals surface area contributed by atoms with Crippen molar-refractivity contribution >= 4 is 29.1 Å². The van der Waals surface area contributed by atoms with Crippen LogP contribution in [-0.2, 0) is 9.59 Å². The molecule has 1 saturated heterocycles. The van der Waals surface area contributed by atoms with Gasteiger partial charge in [0.25, 0.3) is 5.91 Å². The number of anilines is 2. The molecule has 0 bridgehead atoms. The SMILES string of the molecule is O=C(CN1C(=O)[C@@H]2CCCN2C(=O)c2ccccc21)Nc1cccnc1. The molecule has 2 aromatic rings. The van der Waals surface area contributed by atoms with Gasteiger partial charge in [0.05, 0.1) is 23.1 Å². The fourth-order valence-electron chi connectivity index (χ4n) is 3.55. The molecule has 3 amide bonds. The van der Waals surface area contributed by atoms with Gasteiger partial charge in [0.15, 0.2) is 0 Å². The van der Waals surface area contributed by atoms with Gasteiger partial charge in [-0.1, -0.05) is 12.1 Å². The Labute approximate surface area is 150 Å². The summed E-state index contributed by atoms with van der Waals surface area (Å²) in [5, 5.41) is 2.74. The third kappa shape index (κ3) is 2.81. The minimum absolute atomic E-state index is 0.147. The number of para-hydroxylation sites is 1. The first-order valence-electron chi connectivity index (χ1n) is 8.56. The number of rotatable bonds is 3. The van der Waals surface area contributed by atoms with Crippen molar-refractivity contribution in [1.82, 2.24) is 9.88 Å². The number of fused-ring (bicyclic) bond motifs is 2. The highest BCUT2D eigenvalue weighted by atomic mass is 16.2. The maximum Gasteiger partial charge on any atom is 0.256 e. The molecule has 26 heavy (non-hydrogen) atoms. The van der Waals surface area contributed by atoms with Gasteiger partial charge < -0.3 is 15.1 Å². The highest BCUT2D eigenvalue weighted by Crippen LogP contribution is 2.32. The minimum Gasteiger partial charge on any atom is -0.327 e. The molecule has 3 heterocycles. The van der Waals surface area contributed by atoms with Crippen LogP contribution in [0.2, 0.25) is 0 Å². The highest BCUT2D eigenvalue weighted by Gasteiger charge is 2.42. The predicted octanol–water partition coefficient (Wildman–Crippen LogP) is 1.67. The minimum atomic E-state index is -0.499. The van der Waals surface area contributed by atoms with E-state index in [9.17, 15) is 14.4 Å². The van der Waals surface area contributed by atoms with Gasteiger partial charge in [-0.25, -0.2) is 0 Å². The highest BCUT2D eigenvalue weighted by molar-refractivity contribution is 6.13. The summed E-state index contributed by atoms with van der Waals surface area (Å²) in [7, 11) is 0. The molecule has 2 aliphatic rings. The second-order valence-corrected chi connectivity index (χ2v) is 6.39. The molecule has 0 saturated carbocycles. The molecule has 7 nitrogen and oxygen atoms in total. The van der Waals surface area contributed by atoms with Crippen LogP contribution in [0.5, 0.6) is 0 Å². The number of pyridine rings is 1. The molecular weight excluding hydrogens is 332 g/mol. The van der Waals surface area contributed by atoms with E-state index in [2.05, 4.69) is 10.3 Å². The van der Waals surface area contributed by atoms with E-state index >= 15 is 0 Å². The molecule has 1 aromatic carbocycles. The molecule has 0 spiro atoms. The molecule has 1 atom stereocenters. The topological polar surface area (TPSA) is 82.6 Å². The van der Waals surface area contributed by atoms with E-state index in [0.717, 1.165) is 6.42 Å². The van der Waals surface area contributed by atoms with Crippen LogP contribution in [0.1, 0.15) is 23.2 Å². The predicted molar refractivity (Wildman–Crippen MR) is 95.7 cm³/mol. The van der Waals surface area contributed by atoms with Crippen LogP contribution in [0.3, 0.4) is 0 Å². The van der Waals surface area contributed by atoms with Gasteiger partial charge in [-0.3, -0.25) is 19.4 Å². The lowest BCUT2D eigenvalue weighted by molar-refractivity contribution is -0.124. The van der Waals surface area contributed by atoms with E-state index in [0.29, 0.717) is 29.9 Å². The fraction of sp³-hybridized carbons (Fsp3) is 0.263. The second-order valence-electron chi connectivity index (χ2n) is 6.39. The van der Waals surface area contributed by atoms with Crippen molar-refractivity contribution in [1.29, 1.82) is 0 Å². The third-order valence-electron chi connectivity index (χ3n) is 4.74. The average molecular weight is 350 g/mol. The molecule has 132 valence electrons. The quantitative estimate of drug-likeness (QED) is 0.913. The summed E-state index contributed by atoms with van der Waals surface area (Å²) in [4.78, 5) is 45.4. The maximum absolute atomic E-state index is 13.1. The number of hydrogen-bond acceptors (Lipinski definition) is 4. The van der Waals surface area contributed by atoms with Crippen LogP contribution in [0, 0.1) is 0 Å². The molecular formula is C19H18N4O3. The van der Waals surface area contributed by atoms with Crippen molar-refractivity contribution in [2.45, 2.75) is 18.9 Å². The van der Waals surface area contributed by atoms with Crippen LogP contribution >= 0.6 is 0 Å². The summed E-state index contributed by atoms with van der Waals surface area (Å²) >= 11 is 0. The fourth-order valence-corrected chi connectivity index (χ4v) is 3.55. The van der Waals surface area contributed by atoms with Crippen molar-refractivity contribution in [2.75, 3.05) is 23.3 Å². The van der Waals surface area contributed by atoms with Crippen molar-refractivity contribution in [3.8, 4) is 0 Å². The summed E-state index contributed by atoms with van der Waals surface area (Å²) in [5.41, 5.74) is 1.50. The van der Waals surface area contributed by atoms with Crippen LogP contribution in [-0.4, -0.2) is 46.7 Å². The number of nitrogens with one attached hydrogen (secondary N) is 1. The molecule has 1 N–H and O–H groups in total. The number of hydrogen-bond donors (Lipinski definition) is 1. The van der Waals surface area contributed by atoms with Crippen LogP contribution in [0.4, 0.5) is 11.4 Å². The zero-order valence-corrected chi connectivity index (χ0v) is 14.1. The lowest BCUT2D eigenvalue weighted by Gasteiger charge is -2.25. The van der Waals surface area contributed by atoms with Gasteiger partial charge in [-0.05, 0) is 37.1 Å². The maximum atomic E-state index is 13.1. The van der Waals surface area contributed by atoms with Gasteiger partial charge >= 0.3 is 0 Å². The van der Waals surface area contributed by atoms with Gasteiger partial charge in [-0.2, -0.15) is 0 Å². The normalized spacial score (nSPS) is 19.0.